The number of rotatable bonds is 3. The van der Waals surface area contributed by atoms with Gasteiger partial charge in [0.15, 0.2) is 0 Å². The highest BCUT2D eigenvalue weighted by Crippen LogP contribution is 2.37. The van der Waals surface area contributed by atoms with E-state index in [9.17, 15) is 5.11 Å². The van der Waals surface area contributed by atoms with Crippen LogP contribution >= 0.6 is 0 Å². The molecule has 0 heterocycles. The summed E-state index contributed by atoms with van der Waals surface area (Å²) in [6, 6.07) is 8.59. The Morgan fingerprint density at radius 1 is 1.00 bits per heavy atom. The van der Waals surface area contributed by atoms with E-state index in [1.165, 1.54) is 11.1 Å². The van der Waals surface area contributed by atoms with Gasteiger partial charge in [-0.15, -0.1) is 0 Å². The third-order valence-corrected chi connectivity index (χ3v) is 3.94. The molecule has 0 fully saturated rings. The second-order valence-electron chi connectivity index (χ2n) is 5.96. The van der Waals surface area contributed by atoms with E-state index >= 15 is 0 Å². The van der Waals surface area contributed by atoms with Crippen LogP contribution in [0.5, 0.6) is 0 Å². The average Bonchev–Trinajstić information content (AvgIpc) is 2.16. The van der Waals surface area contributed by atoms with E-state index in [4.69, 9.17) is 0 Å². The maximum Gasteiger partial charge on any atom is 0.0625 e. The van der Waals surface area contributed by atoms with Gasteiger partial charge in [-0.3, -0.25) is 0 Å². The van der Waals surface area contributed by atoms with Crippen LogP contribution in [0.4, 0.5) is 0 Å². The lowest BCUT2D eigenvalue weighted by molar-refractivity contribution is -0.00524. The lowest BCUT2D eigenvalue weighted by atomic mass is 9.68. The normalized spacial score (nSPS) is 14.9. The Kier molecular flexibility index (Phi) is 3.49. The number of hydrogen-bond donors (Lipinski definition) is 1. The molecule has 0 amide bonds. The van der Waals surface area contributed by atoms with Crippen molar-refractivity contribution in [3.05, 3.63) is 35.4 Å². The van der Waals surface area contributed by atoms with E-state index < -0.39 is 5.60 Å². The number of hydrogen-bond acceptors (Lipinski definition) is 1. The summed E-state index contributed by atoms with van der Waals surface area (Å²) in [4.78, 5) is 0. The fourth-order valence-corrected chi connectivity index (χ4v) is 2.12. The highest BCUT2D eigenvalue weighted by molar-refractivity contribution is 5.28. The molecule has 0 aliphatic rings. The topological polar surface area (TPSA) is 20.2 Å². The van der Waals surface area contributed by atoms with E-state index in [2.05, 4.69) is 52.0 Å². The van der Waals surface area contributed by atoms with Crippen LogP contribution in [0.2, 0.25) is 0 Å². The van der Waals surface area contributed by atoms with Crippen molar-refractivity contribution < 1.29 is 5.11 Å². The Morgan fingerprint density at radius 3 is 1.81 bits per heavy atom. The van der Waals surface area contributed by atoms with E-state index in [0.29, 0.717) is 0 Å². The fourth-order valence-electron chi connectivity index (χ4n) is 2.12. The van der Waals surface area contributed by atoms with Crippen molar-refractivity contribution in [1.82, 2.24) is 0 Å². The van der Waals surface area contributed by atoms with Crippen LogP contribution in [0.15, 0.2) is 24.3 Å². The molecule has 0 unspecified atom stereocenters. The summed E-state index contributed by atoms with van der Waals surface area (Å²) >= 11 is 0. The first-order valence-electron chi connectivity index (χ1n) is 5.95. The lowest BCUT2D eigenvalue weighted by Gasteiger charge is -2.40. The third kappa shape index (κ3) is 2.65. The van der Waals surface area contributed by atoms with Crippen molar-refractivity contribution in [1.29, 1.82) is 0 Å². The molecule has 1 heteroatoms. The summed E-state index contributed by atoms with van der Waals surface area (Å²) in [6.07, 6.45) is 0. The van der Waals surface area contributed by atoms with Crippen molar-refractivity contribution >= 4 is 0 Å². The van der Waals surface area contributed by atoms with Gasteiger partial charge in [-0.25, -0.2) is 0 Å². The van der Waals surface area contributed by atoms with Gasteiger partial charge in [0.25, 0.3) is 0 Å². The molecular formula is C15H24O. The van der Waals surface area contributed by atoms with Gasteiger partial charge in [0, 0.05) is 0 Å². The van der Waals surface area contributed by atoms with Gasteiger partial charge in [-0.2, -0.15) is 0 Å². The summed E-state index contributed by atoms with van der Waals surface area (Å²) in [7, 11) is 0. The molecule has 0 aliphatic carbocycles. The fraction of sp³-hybridized carbons (Fsp3) is 0.600. The van der Waals surface area contributed by atoms with Crippen LogP contribution in [0.3, 0.4) is 0 Å². The zero-order valence-electron chi connectivity index (χ0n) is 11.3. The molecule has 0 aliphatic heterocycles. The first kappa shape index (κ1) is 13.2. The summed E-state index contributed by atoms with van der Waals surface area (Å²) in [5, 5.41) is 10.1. The SMILES string of the molecule is Cc1ccc(C(C)(C)[C@H](C)C(C)(C)O)cc1. The molecule has 1 nitrogen and oxygen atoms in total. The van der Waals surface area contributed by atoms with Crippen molar-refractivity contribution in [2.45, 2.75) is 52.6 Å². The lowest BCUT2D eigenvalue weighted by Crippen LogP contribution is -2.41. The summed E-state index contributed by atoms with van der Waals surface area (Å²) in [6.45, 7) is 12.4. The minimum atomic E-state index is -0.658. The first-order chi connectivity index (χ1) is 7.15. The van der Waals surface area contributed by atoms with Gasteiger partial charge in [0.1, 0.15) is 0 Å². The molecule has 1 rings (SSSR count). The Morgan fingerprint density at radius 2 is 1.44 bits per heavy atom. The predicted octanol–water partition coefficient (Wildman–Crippen LogP) is 3.68. The number of aryl methyl sites for hydroxylation is 1. The van der Waals surface area contributed by atoms with Crippen molar-refractivity contribution in [2.24, 2.45) is 5.92 Å². The second kappa shape index (κ2) is 4.21. The maximum atomic E-state index is 10.1. The van der Waals surface area contributed by atoms with Crippen LogP contribution in [0.25, 0.3) is 0 Å². The van der Waals surface area contributed by atoms with E-state index in [0.717, 1.165) is 0 Å². The molecule has 0 saturated carbocycles. The molecule has 0 spiro atoms. The van der Waals surface area contributed by atoms with Gasteiger partial charge in [-0.1, -0.05) is 50.6 Å². The number of aliphatic hydroxyl groups is 1. The minimum absolute atomic E-state index is 0.0219. The van der Waals surface area contributed by atoms with Gasteiger partial charge in [0.2, 0.25) is 0 Å². The van der Waals surface area contributed by atoms with Gasteiger partial charge in [-0.05, 0) is 37.7 Å². The molecule has 0 radical (unpaired) electrons. The number of benzene rings is 1. The Labute approximate surface area is 99.5 Å². The third-order valence-electron chi connectivity index (χ3n) is 3.94. The second-order valence-corrected chi connectivity index (χ2v) is 5.96. The Bertz CT molecular complexity index is 341. The summed E-state index contributed by atoms with van der Waals surface area (Å²) in [5.74, 6) is 0.197. The van der Waals surface area contributed by atoms with Crippen LogP contribution in [0, 0.1) is 12.8 Å². The molecule has 0 saturated heterocycles. The van der Waals surface area contributed by atoms with Crippen LogP contribution in [0.1, 0.15) is 45.7 Å². The smallest absolute Gasteiger partial charge is 0.0625 e. The van der Waals surface area contributed by atoms with Gasteiger partial charge >= 0.3 is 0 Å². The average molecular weight is 220 g/mol. The van der Waals surface area contributed by atoms with Crippen LogP contribution in [-0.2, 0) is 5.41 Å². The standard InChI is InChI=1S/C15H24O/c1-11-7-9-13(10-8-11)14(3,4)12(2)15(5,6)16/h7-10,12,16H,1-6H3/t12-/m0/s1. The monoisotopic (exact) mass is 220 g/mol. The highest BCUT2D eigenvalue weighted by Gasteiger charge is 2.37. The minimum Gasteiger partial charge on any atom is -0.390 e. The summed E-state index contributed by atoms with van der Waals surface area (Å²) < 4.78 is 0. The molecule has 16 heavy (non-hydrogen) atoms. The molecular weight excluding hydrogens is 196 g/mol. The van der Waals surface area contributed by atoms with E-state index in [1.807, 2.05) is 13.8 Å². The van der Waals surface area contributed by atoms with Gasteiger partial charge < -0.3 is 5.11 Å². The molecule has 1 atom stereocenters. The molecule has 0 aromatic heterocycles. The van der Waals surface area contributed by atoms with Crippen LogP contribution < -0.4 is 0 Å². The zero-order chi connectivity index (χ0) is 12.6. The first-order valence-corrected chi connectivity index (χ1v) is 5.95. The molecule has 90 valence electrons. The zero-order valence-corrected chi connectivity index (χ0v) is 11.3. The quantitative estimate of drug-likeness (QED) is 0.824. The van der Waals surface area contributed by atoms with Crippen molar-refractivity contribution in [2.75, 3.05) is 0 Å². The van der Waals surface area contributed by atoms with E-state index in [-0.39, 0.29) is 11.3 Å². The predicted molar refractivity (Wildman–Crippen MR) is 69.7 cm³/mol. The Balaban J connectivity index is 3.06. The molecule has 0 bridgehead atoms. The van der Waals surface area contributed by atoms with Crippen molar-refractivity contribution in [3.8, 4) is 0 Å². The molecule has 1 aromatic rings. The van der Waals surface area contributed by atoms with E-state index in [1.54, 1.807) is 0 Å². The van der Waals surface area contributed by atoms with Gasteiger partial charge in [0.05, 0.1) is 5.60 Å². The maximum absolute atomic E-state index is 10.1. The largest absolute Gasteiger partial charge is 0.390 e. The molecule has 1 N–H and O–H groups in total. The van der Waals surface area contributed by atoms with Crippen molar-refractivity contribution in [3.63, 3.8) is 0 Å². The summed E-state index contributed by atoms with van der Waals surface area (Å²) in [5.41, 5.74) is 1.88. The highest BCUT2D eigenvalue weighted by atomic mass is 16.3. The van der Waals surface area contributed by atoms with Crippen LogP contribution in [-0.4, -0.2) is 10.7 Å². The molecule has 1 aromatic carbocycles. The Hall–Kier alpha value is -0.820.